The van der Waals surface area contributed by atoms with Crippen molar-refractivity contribution in [2.45, 2.75) is 19.4 Å². The molecule has 9 nitrogen and oxygen atoms in total. The number of anilines is 1. The van der Waals surface area contributed by atoms with E-state index in [4.69, 9.17) is 9.15 Å². The molecule has 0 saturated carbocycles. The lowest BCUT2D eigenvalue weighted by Crippen LogP contribution is -2.28. The molecule has 0 unspecified atom stereocenters. The van der Waals surface area contributed by atoms with Gasteiger partial charge in [0.1, 0.15) is 18.0 Å². The van der Waals surface area contributed by atoms with Crippen LogP contribution in [0.4, 0.5) is 6.01 Å². The number of nitrogens with one attached hydrogen (secondary N) is 1. The Morgan fingerprint density at radius 1 is 0.966 bits per heavy atom. The van der Waals surface area contributed by atoms with E-state index in [-0.39, 0.29) is 43.1 Å². The Kier molecular flexibility index (Phi) is 5.02. The van der Waals surface area contributed by atoms with Crippen molar-refractivity contribution in [1.29, 1.82) is 0 Å². The zero-order chi connectivity index (χ0) is 20.2. The van der Waals surface area contributed by atoms with Gasteiger partial charge in [-0.1, -0.05) is 23.3 Å². The average Bonchev–Trinajstić information content (AvgIpc) is 3.30. The van der Waals surface area contributed by atoms with Gasteiger partial charge in [0.05, 0.1) is 0 Å². The van der Waals surface area contributed by atoms with Gasteiger partial charge in [-0.25, -0.2) is 0 Å². The van der Waals surface area contributed by atoms with Crippen LogP contribution in [0.2, 0.25) is 0 Å². The van der Waals surface area contributed by atoms with Crippen molar-refractivity contribution in [2.24, 2.45) is 0 Å². The number of rotatable bonds is 6. The highest BCUT2D eigenvalue weighted by molar-refractivity contribution is 6.03. The SMILES string of the molecule is O=C(Nc1nnc(CN2C(=O)CCC2=O)o1)c1ccc(Oc2ccccc2)cc1. The van der Waals surface area contributed by atoms with E-state index in [2.05, 4.69) is 15.5 Å². The number of aromatic nitrogens is 2. The molecule has 1 aromatic heterocycles. The van der Waals surface area contributed by atoms with Crippen LogP contribution >= 0.6 is 0 Å². The summed E-state index contributed by atoms with van der Waals surface area (Å²) in [6.45, 7) is -0.105. The highest BCUT2D eigenvalue weighted by Crippen LogP contribution is 2.22. The zero-order valence-corrected chi connectivity index (χ0v) is 15.2. The van der Waals surface area contributed by atoms with Crippen LogP contribution in [0.15, 0.2) is 59.0 Å². The smallest absolute Gasteiger partial charge is 0.322 e. The maximum Gasteiger partial charge on any atom is 0.322 e. The largest absolute Gasteiger partial charge is 0.457 e. The maximum atomic E-state index is 12.3. The van der Waals surface area contributed by atoms with E-state index in [0.717, 1.165) is 4.90 Å². The average molecular weight is 392 g/mol. The number of carbonyl (C=O) groups is 3. The van der Waals surface area contributed by atoms with Crippen molar-refractivity contribution in [3.05, 3.63) is 66.1 Å². The molecule has 0 atom stereocenters. The van der Waals surface area contributed by atoms with Crippen molar-refractivity contribution in [1.82, 2.24) is 15.1 Å². The van der Waals surface area contributed by atoms with Crippen LogP contribution in [0, 0.1) is 0 Å². The lowest BCUT2D eigenvalue weighted by atomic mass is 10.2. The molecule has 0 spiro atoms. The first-order valence-corrected chi connectivity index (χ1v) is 8.88. The quantitative estimate of drug-likeness (QED) is 0.642. The number of imide groups is 1. The third-order valence-corrected chi connectivity index (χ3v) is 4.23. The lowest BCUT2D eigenvalue weighted by Gasteiger charge is -2.09. The standard InChI is InChI=1S/C20H16N4O5/c25-17-10-11-18(26)24(17)12-16-22-23-20(29-16)21-19(27)13-6-8-15(9-7-13)28-14-4-2-1-3-5-14/h1-9H,10-12H2,(H,21,23,27). The highest BCUT2D eigenvalue weighted by atomic mass is 16.5. The molecular weight excluding hydrogens is 376 g/mol. The first kappa shape index (κ1) is 18.4. The summed E-state index contributed by atoms with van der Waals surface area (Å²) < 4.78 is 11.0. The Bertz CT molecular complexity index is 1030. The van der Waals surface area contributed by atoms with Gasteiger partial charge in [0.2, 0.25) is 17.7 Å². The molecule has 0 bridgehead atoms. The fraction of sp³-hybridized carbons (Fsp3) is 0.150. The third kappa shape index (κ3) is 4.29. The second kappa shape index (κ2) is 7.93. The van der Waals surface area contributed by atoms with Crippen LogP contribution in [-0.2, 0) is 16.1 Å². The van der Waals surface area contributed by atoms with Gasteiger partial charge < -0.3 is 9.15 Å². The van der Waals surface area contributed by atoms with E-state index in [1.54, 1.807) is 24.3 Å². The van der Waals surface area contributed by atoms with Gasteiger partial charge in [0.25, 0.3) is 5.91 Å². The molecule has 29 heavy (non-hydrogen) atoms. The van der Waals surface area contributed by atoms with Gasteiger partial charge >= 0.3 is 6.01 Å². The summed E-state index contributed by atoms with van der Waals surface area (Å²) in [5, 5.41) is 9.97. The van der Waals surface area contributed by atoms with Crippen molar-refractivity contribution in [2.75, 3.05) is 5.32 Å². The molecule has 1 saturated heterocycles. The van der Waals surface area contributed by atoms with Crippen LogP contribution < -0.4 is 10.1 Å². The molecule has 0 radical (unpaired) electrons. The maximum absolute atomic E-state index is 12.3. The van der Waals surface area contributed by atoms with Crippen LogP contribution in [0.3, 0.4) is 0 Å². The number of para-hydroxylation sites is 1. The molecule has 1 N–H and O–H groups in total. The van der Waals surface area contributed by atoms with Crippen LogP contribution in [0.25, 0.3) is 0 Å². The molecule has 9 heteroatoms. The molecule has 3 aromatic rings. The van der Waals surface area contributed by atoms with E-state index >= 15 is 0 Å². The van der Waals surface area contributed by atoms with Crippen molar-refractivity contribution < 1.29 is 23.5 Å². The Morgan fingerprint density at radius 3 is 2.31 bits per heavy atom. The molecule has 0 aliphatic carbocycles. The number of benzene rings is 2. The number of likely N-dealkylation sites (tertiary alicyclic amines) is 1. The molecule has 2 heterocycles. The molecule has 4 rings (SSSR count). The van der Waals surface area contributed by atoms with Gasteiger partial charge in [0.15, 0.2) is 0 Å². The monoisotopic (exact) mass is 392 g/mol. The first-order valence-electron chi connectivity index (χ1n) is 8.88. The minimum atomic E-state index is -0.445. The number of hydrogen-bond donors (Lipinski definition) is 1. The predicted octanol–water partition coefficient (Wildman–Crippen LogP) is 2.76. The molecule has 146 valence electrons. The van der Waals surface area contributed by atoms with Crippen molar-refractivity contribution >= 4 is 23.7 Å². The van der Waals surface area contributed by atoms with Crippen LogP contribution in [0.5, 0.6) is 11.5 Å². The Morgan fingerprint density at radius 2 is 1.62 bits per heavy atom. The van der Waals surface area contributed by atoms with E-state index in [1.807, 2.05) is 30.3 Å². The van der Waals surface area contributed by atoms with E-state index in [9.17, 15) is 14.4 Å². The predicted molar refractivity (Wildman–Crippen MR) is 100 cm³/mol. The summed E-state index contributed by atoms with van der Waals surface area (Å²) in [4.78, 5) is 36.7. The zero-order valence-electron chi connectivity index (χ0n) is 15.2. The molecule has 1 aliphatic heterocycles. The van der Waals surface area contributed by atoms with Gasteiger partial charge in [-0.2, -0.15) is 0 Å². The van der Waals surface area contributed by atoms with Crippen molar-refractivity contribution in [3.8, 4) is 11.5 Å². The van der Waals surface area contributed by atoms with Gasteiger partial charge in [-0.05, 0) is 36.4 Å². The second-order valence-corrected chi connectivity index (χ2v) is 6.27. The van der Waals surface area contributed by atoms with Crippen molar-refractivity contribution in [3.63, 3.8) is 0 Å². The summed E-state index contributed by atoms with van der Waals surface area (Å²) in [5.41, 5.74) is 0.370. The lowest BCUT2D eigenvalue weighted by molar-refractivity contribution is -0.139. The fourth-order valence-electron chi connectivity index (χ4n) is 2.77. The Labute approximate surface area is 165 Å². The Hall–Kier alpha value is -4.01. The van der Waals surface area contributed by atoms with Gasteiger partial charge in [0, 0.05) is 18.4 Å². The normalized spacial score (nSPS) is 13.6. The number of nitrogens with zero attached hydrogens (tertiary/aromatic N) is 3. The second-order valence-electron chi connectivity index (χ2n) is 6.27. The Balaban J connectivity index is 1.36. The minimum Gasteiger partial charge on any atom is -0.457 e. The molecule has 2 aromatic carbocycles. The fourth-order valence-corrected chi connectivity index (χ4v) is 2.77. The number of hydrogen-bond acceptors (Lipinski definition) is 7. The minimum absolute atomic E-state index is 0.0653. The van der Waals surface area contributed by atoms with E-state index in [1.165, 1.54) is 0 Å². The summed E-state index contributed by atoms with van der Waals surface area (Å²) in [7, 11) is 0. The number of carbonyl (C=O) groups excluding carboxylic acids is 3. The third-order valence-electron chi connectivity index (χ3n) is 4.23. The summed E-state index contributed by atoms with van der Waals surface area (Å²) in [5.74, 6) is 0.342. The van der Waals surface area contributed by atoms with E-state index < -0.39 is 5.91 Å². The highest BCUT2D eigenvalue weighted by Gasteiger charge is 2.30. The topological polar surface area (TPSA) is 115 Å². The summed E-state index contributed by atoms with van der Waals surface area (Å²) in [6.07, 6.45) is 0.362. The van der Waals surface area contributed by atoms with Crippen LogP contribution in [0.1, 0.15) is 29.1 Å². The summed E-state index contributed by atoms with van der Waals surface area (Å²) in [6, 6.07) is 15.7. The first-order chi connectivity index (χ1) is 14.1. The number of ether oxygens (including phenoxy) is 1. The molecular formula is C20H16N4O5. The molecule has 3 amide bonds. The molecule has 1 fully saturated rings. The number of amides is 3. The van der Waals surface area contributed by atoms with Gasteiger partial charge in [-0.15, -0.1) is 5.10 Å². The molecule has 1 aliphatic rings. The van der Waals surface area contributed by atoms with Gasteiger partial charge in [-0.3, -0.25) is 24.6 Å². The van der Waals surface area contributed by atoms with Crippen LogP contribution in [-0.4, -0.2) is 32.8 Å². The van der Waals surface area contributed by atoms with E-state index in [0.29, 0.717) is 17.1 Å². The summed E-state index contributed by atoms with van der Waals surface area (Å²) >= 11 is 0.